The third-order valence-electron chi connectivity index (χ3n) is 5.02. The van der Waals surface area contributed by atoms with Crippen molar-refractivity contribution in [1.82, 2.24) is 4.90 Å². The average molecular weight is 259 g/mol. The molecule has 1 aliphatic carbocycles. The summed E-state index contributed by atoms with van der Waals surface area (Å²) in [5.41, 5.74) is 9.28. The van der Waals surface area contributed by atoms with E-state index in [-0.39, 0.29) is 5.41 Å². The molecule has 0 bridgehead atoms. The zero-order chi connectivity index (χ0) is 13.3. The molecule has 3 heteroatoms. The predicted molar refractivity (Wildman–Crippen MR) is 80.7 cm³/mol. The van der Waals surface area contributed by atoms with Crippen LogP contribution in [-0.4, -0.2) is 44.7 Å². The van der Waals surface area contributed by atoms with Gasteiger partial charge in [-0.1, -0.05) is 24.6 Å². The molecule has 2 aliphatic rings. The summed E-state index contributed by atoms with van der Waals surface area (Å²) < 4.78 is 0. The number of likely N-dealkylation sites (N-methyl/N-ethyl adjacent to an activating group) is 1. The first-order valence-corrected chi connectivity index (χ1v) is 7.48. The summed E-state index contributed by atoms with van der Waals surface area (Å²) in [5.74, 6) is 0. The van der Waals surface area contributed by atoms with Crippen molar-refractivity contribution >= 4 is 5.69 Å². The SMILES string of the molecule is CN1CCN(c2ccccc2C2(CN)CCC2)CC1. The van der Waals surface area contributed by atoms with Crippen molar-refractivity contribution in [1.29, 1.82) is 0 Å². The lowest BCUT2D eigenvalue weighted by Crippen LogP contribution is -2.47. The third-order valence-corrected chi connectivity index (χ3v) is 5.02. The van der Waals surface area contributed by atoms with E-state index in [9.17, 15) is 0 Å². The average Bonchev–Trinajstić information content (AvgIpc) is 2.40. The van der Waals surface area contributed by atoms with Gasteiger partial charge in [0.1, 0.15) is 0 Å². The molecule has 1 saturated heterocycles. The Balaban J connectivity index is 1.89. The maximum atomic E-state index is 6.09. The number of hydrogen-bond donors (Lipinski definition) is 1. The highest BCUT2D eigenvalue weighted by molar-refractivity contribution is 5.58. The summed E-state index contributed by atoms with van der Waals surface area (Å²) in [5, 5.41) is 0. The Bertz CT molecular complexity index is 426. The Labute approximate surface area is 116 Å². The Morgan fingerprint density at radius 2 is 1.79 bits per heavy atom. The van der Waals surface area contributed by atoms with Gasteiger partial charge in [-0.2, -0.15) is 0 Å². The fraction of sp³-hybridized carbons (Fsp3) is 0.625. The van der Waals surface area contributed by atoms with Gasteiger partial charge >= 0.3 is 0 Å². The normalized spacial score (nSPS) is 23.2. The van der Waals surface area contributed by atoms with E-state index in [0.717, 1.165) is 32.7 Å². The zero-order valence-electron chi connectivity index (χ0n) is 11.9. The van der Waals surface area contributed by atoms with Crippen LogP contribution in [0, 0.1) is 0 Å². The van der Waals surface area contributed by atoms with Crippen LogP contribution in [0.3, 0.4) is 0 Å². The van der Waals surface area contributed by atoms with Gasteiger partial charge in [0.15, 0.2) is 0 Å². The molecule has 1 aromatic rings. The molecule has 3 rings (SSSR count). The first kappa shape index (κ1) is 12.9. The number of para-hydroxylation sites is 1. The molecular formula is C16H25N3. The lowest BCUT2D eigenvalue weighted by atomic mass is 9.64. The number of nitrogens with two attached hydrogens (primary N) is 1. The quantitative estimate of drug-likeness (QED) is 0.898. The van der Waals surface area contributed by atoms with Crippen LogP contribution >= 0.6 is 0 Å². The van der Waals surface area contributed by atoms with E-state index in [4.69, 9.17) is 5.73 Å². The van der Waals surface area contributed by atoms with Gasteiger partial charge in [-0.3, -0.25) is 0 Å². The summed E-state index contributed by atoms with van der Waals surface area (Å²) >= 11 is 0. The monoisotopic (exact) mass is 259 g/mol. The highest BCUT2D eigenvalue weighted by Gasteiger charge is 2.39. The van der Waals surface area contributed by atoms with Gasteiger partial charge in [0, 0.05) is 43.8 Å². The molecule has 19 heavy (non-hydrogen) atoms. The number of piperazine rings is 1. The molecule has 0 atom stereocenters. The fourth-order valence-corrected chi connectivity index (χ4v) is 3.43. The van der Waals surface area contributed by atoms with Gasteiger partial charge in [0.05, 0.1) is 0 Å². The highest BCUT2D eigenvalue weighted by Crippen LogP contribution is 2.46. The van der Waals surface area contributed by atoms with Gasteiger partial charge in [0.2, 0.25) is 0 Å². The van der Waals surface area contributed by atoms with Crippen molar-refractivity contribution in [2.45, 2.75) is 24.7 Å². The van der Waals surface area contributed by atoms with Gasteiger partial charge < -0.3 is 15.5 Å². The van der Waals surface area contributed by atoms with Crippen LogP contribution in [0.2, 0.25) is 0 Å². The molecule has 0 radical (unpaired) electrons. The summed E-state index contributed by atoms with van der Waals surface area (Å²) in [6, 6.07) is 8.93. The highest BCUT2D eigenvalue weighted by atomic mass is 15.2. The van der Waals surface area contributed by atoms with E-state index in [1.165, 1.54) is 30.5 Å². The van der Waals surface area contributed by atoms with Gasteiger partial charge in [-0.15, -0.1) is 0 Å². The molecule has 0 aromatic heterocycles. The zero-order valence-corrected chi connectivity index (χ0v) is 11.9. The topological polar surface area (TPSA) is 32.5 Å². The third kappa shape index (κ3) is 2.26. The smallest absolute Gasteiger partial charge is 0.0405 e. The van der Waals surface area contributed by atoms with E-state index in [1.54, 1.807) is 0 Å². The largest absolute Gasteiger partial charge is 0.369 e. The van der Waals surface area contributed by atoms with Crippen molar-refractivity contribution in [2.24, 2.45) is 5.73 Å². The molecule has 1 heterocycles. The molecule has 0 spiro atoms. The molecule has 104 valence electrons. The summed E-state index contributed by atoms with van der Waals surface area (Å²) in [6.45, 7) is 5.37. The van der Waals surface area contributed by atoms with Crippen LogP contribution in [0.25, 0.3) is 0 Å². The first-order valence-electron chi connectivity index (χ1n) is 7.48. The van der Waals surface area contributed by atoms with E-state index in [2.05, 4.69) is 41.1 Å². The van der Waals surface area contributed by atoms with Gasteiger partial charge in [-0.25, -0.2) is 0 Å². The molecular weight excluding hydrogens is 234 g/mol. The molecule has 1 aliphatic heterocycles. The molecule has 1 saturated carbocycles. The van der Waals surface area contributed by atoms with Crippen LogP contribution in [0.15, 0.2) is 24.3 Å². The second-order valence-electron chi connectivity index (χ2n) is 6.15. The van der Waals surface area contributed by atoms with Gasteiger partial charge in [-0.05, 0) is 31.5 Å². The summed E-state index contributed by atoms with van der Waals surface area (Å²) in [7, 11) is 2.20. The van der Waals surface area contributed by atoms with Gasteiger partial charge in [0.25, 0.3) is 0 Å². The standard InChI is InChI=1S/C16H25N3/c1-18-9-11-19(12-10-18)15-6-3-2-5-14(15)16(13-17)7-4-8-16/h2-3,5-6H,4,7-13,17H2,1H3. The van der Waals surface area contributed by atoms with Crippen molar-refractivity contribution < 1.29 is 0 Å². The van der Waals surface area contributed by atoms with E-state index in [0.29, 0.717) is 0 Å². The molecule has 0 unspecified atom stereocenters. The van der Waals surface area contributed by atoms with Crippen LogP contribution in [-0.2, 0) is 5.41 Å². The number of anilines is 1. The Kier molecular flexibility index (Phi) is 3.50. The number of rotatable bonds is 3. The fourth-order valence-electron chi connectivity index (χ4n) is 3.43. The van der Waals surface area contributed by atoms with Crippen LogP contribution in [0.1, 0.15) is 24.8 Å². The second kappa shape index (κ2) is 5.14. The Hall–Kier alpha value is -1.06. The Morgan fingerprint density at radius 3 is 2.37 bits per heavy atom. The van der Waals surface area contributed by atoms with Crippen molar-refractivity contribution in [3.05, 3.63) is 29.8 Å². The Morgan fingerprint density at radius 1 is 1.11 bits per heavy atom. The van der Waals surface area contributed by atoms with E-state index >= 15 is 0 Å². The molecule has 0 amide bonds. The predicted octanol–water partition coefficient (Wildman–Crippen LogP) is 1.82. The lowest BCUT2D eigenvalue weighted by molar-refractivity contribution is 0.252. The van der Waals surface area contributed by atoms with Crippen LogP contribution in [0.4, 0.5) is 5.69 Å². The maximum absolute atomic E-state index is 6.09. The maximum Gasteiger partial charge on any atom is 0.0405 e. The van der Waals surface area contributed by atoms with Crippen molar-refractivity contribution in [3.63, 3.8) is 0 Å². The molecule has 1 aromatic carbocycles. The van der Waals surface area contributed by atoms with Crippen LogP contribution in [0.5, 0.6) is 0 Å². The minimum Gasteiger partial charge on any atom is -0.369 e. The van der Waals surface area contributed by atoms with Crippen LogP contribution < -0.4 is 10.6 Å². The number of nitrogens with zero attached hydrogens (tertiary/aromatic N) is 2. The number of benzene rings is 1. The van der Waals surface area contributed by atoms with E-state index < -0.39 is 0 Å². The molecule has 2 N–H and O–H groups in total. The molecule has 2 fully saturated rings. The summed E-state index contributed by atoms with van der Waals surface area (Å²) in [6.07, 6.45) is 3.84. The minimum absolute atomic E-state index is 0.264. The lowest BCUT2D eigenvalue weighted by Gasteiger charge is -2.45. The number of hydrogen-bond acceptors (Lipinski definition) is 3. The van der Waals surface area contributed by atoms with E-state index in [1.807, 2.05) is 0 Å². The van der Waals surface area contributed by atoms with Crippen molar-refractivity contribution in [3.8, 4) is 0 Å². The minimum atomic E-state index is 0.264. The second-order valence-corrected chi connectivity index (χ2v) is 6.15. The first-order chi connectivity index (χ1) is 9.25. The van der Waals surface area contributed by atoms with Crippen molar-refractivity contribution in [2.75, 3.05) is 44.7 Å². The summed E-state index contributed by atoms with van der Waals surface area (Å²) in [4.78, 5) is 4.95. The molecule has 3 nitrogen and oxygen atoms in total.